The quantitative estimate of drug-likeness (QED) is 0.582. The Balaban J connectivity index is 2.00. The second-order valence-electron chi connectivity index (χ2n) is 4.08. The molecule has 2 heterocycles. The summed E-state index contributed by atoms with van der Waals surface area (Å²) in [6.07, 6.45) is 0.729. The first-order valence-electron chi connectivity index (χ1n) is 5.63. The first kappa shape index (κ1) is 13.1. The van der Waals surface area contributed by atoms with E-state index in [1.165, 1.54) is 16.3 Å². The number of nitrogens with one attached hydrogen (secondary N) is 1. The molecule has 1 saturated heterocycles. The number of aryl methyl sites for hydroxylation is 1. The second kappa shape index (κ2) is 6.03. The average molecular weight is 274 g/mol. The van der Waals surface area contributed by atoms with Gasteiger partial charge in [-0.2, -0.15) is 28.3 Å². The number of hydrogen-bond donors (Lipinski definition) is 2. The fourth-order valence-corrected chi connectivity index (χ4v) is 4.91. The van der Waals surface area contributed by atoms with Crippen molar-refractivity contribution in [1.29, 1.82) is 0 Å². The van der Waals surface area contributed by atoms with Gasteiger partial charge in [-0.15, -0.1) is 10.2 Å². The molecule has 3 N–H and O–H groups in total. The summed E-state index contributed by atoms with van der Waals surface area (Å²) in [5.74, 6) is 8.83. The molecule has 1 aromatic heterocycles. The smallest absolute Gasteiger partial charge is 0.176 e. The van der Waals surface area contributed by atoms with Crippen LogP contribution in [0, 0.1) is 0 Å². The molecule has 1 aliphatic heterocycles. The summed E-state index contributed by atoms with van der Waals surface area (Å²) in [6.45, 7) is 2.26. The zero-order valence-electron chi connectivity index (χ0n) is 10.0. The van der Waals surface area contributed by atoms with Gasteiger partial charge in [0.25, 0.3) is 0 Å². The maximum absolute atomic E-state index is 5.67. The van der Waals surface area contributed by atoms with Gasteiger partial charge in [0.15, 0.2) is 5.82 Å². The highest BCUT2D eigenvalue weighted by Gasteiger charge is 2.30. The van der Waals surface area contributed by atoms with Crippen molar-refractivity contribution in [2.45, 2.75) is 29.9 Å². The summed E-state index contributed by atoms with van der Waals surface area (Å²) in [4.78, 5) is 1.48. The summed E-state index contributed by atoms with van der Waals surface area (Å²) < 4.78 is 0. The predicted octanol–water partition coefficient (Wildman–Crippen LogP) is -0.178. The van der Waals surface area contributed by atoms with Gasteiger partial charge in [-0.3, -0.25) is 11.3 Å². The molecule has 0 aromatic carbocycles. The van der Waals surface area contributed by atoms with Crippen molar-refractivity contribution in [1.82, 2.24) is 25.6 Å². The Bertz CT molecular complexity index is 357. The van der Waals surface area contributed by atoms with Gasteiger partial charge in [0.05, 0.1) is 7.05 Å². The van der Waals surface area contributed by atoms with Gasteiger partial charge in [-0.25, -0.2) is 0 Å². The Hall–Kier alpha value is -0.310. The normalized spacial score (nSPS) is 27.0. The van der Waals surface area contributed by atoms with E-state index in [1.807, 2.05) is 23.5 Å². The Labute approximate surface area is 109 Å². The fourth-order valence-electron chi connectivity index (χ4n) is 1.96. The van der Waals surface area contributed by atoms with Crippen LogP contribution in [0.1, 0.15) is 12.7 Å². The highest BCUT2D eigenvalue weighted by Crippen LogP contribution is 2.33. The van der Waals surface area contributed by atoms with Crippen LogP contribution >= 0.6 is 23.5 Å². The minimum Gasteiger partial charge on any atom is -0.271 e. The molecule has 1 aliphatic rings. The molecule has 3 unspecified atom stereocenters. The Morgan fingerprint density at radius 3 is 2.88 bits per heavy atom. The third-order valence-electron chi connectivity index (χ3n) is 2.80. The topological polar surface area (TPSA) is 81.7 Å². The molecule has 0 amide bonds. The molecule has 8 heteroatoms. The SMILES string of the molecule is CC1SCCSC1C(Cc1nnn(C)n1)NN. The van der Waals surface area contributed by atoms with Crippen LogP contribution in [0.25, 0.3) is 0 Å². The van der Waals surface area contributed by atoms with E-state index in [2.05, 4.69) is 27.8 Å². The lowest BCUT2D eigenvalue weighted by Gasteiger charge is -2.33. The van der Waals surface area contributed by atoms with E-state index >= 15 is 0 Å². The number of nitrogens with zero attached hydrogens (tertiary/aromatic N) is 4. The number of hydrogen-bond acceptors (Lipinski definition) is 7. The largest absolute Gasteiger partial charge is 0.271 e. The standard InChI is InChI=1S/C9H18N6S2/c1-6-9(17-4-3-16-6)7(11-10)5-8-12-14-15(2)13-8/h6-7,9,11H,3-5,10H2,1-2H3. The van der Waals surface area contributed by atoms with Gasteiger partial charge in [0.1, 0.15) is 0 Å². The van der Waals surface area contributed by atoms with Crippen LogP contribution in [-0.4, -0.2) is 48.3 Å². The van der Waals surface area contributed by atoms with E-state index in [1.54, 1.807) is 7.05 Å². The van der Waals surface area contributed by atoms with E-state index in [0.717, 1.165) is 12.2 Å². The van der Waals surface area contributed by atoms with Crippen molar-refractivity contribution >= 4 is 23.5 Å². The van der Waals surface area contributed by atoms with Gasteiger partial charge < -0.3 is 0 Å². The minimum absolute atomic E-state index is 0.201. The lowest BCUT2D eigenvalue weighted by Crippen LogP contribution is -2.48. The lowest BCUT2D eigenvalue weighted by molar-refractivity contribution is 0.490. The first-order valence-corrected chi connectivity index (χ1v) is 7.72. The third-order valence-corrected chi connectivity index (χ3v) is 6.05. The Morgan fingerprint density at radius 1 is 1.53 bits per heavy atom. The van der Waals surface area contributed by atoms with E-state index in [-0.39, 0.29) is 6.04 Å². The van der Waals surface area contributed by atoms with Crippen LogP contribution in [0.5, 0.6) is 0 Å². The van der Waals surface area contributed by atoms with E-state index in [9.17, 15) is 0 Å². The molecule has 0 bridgehead atoms. The molecule has 1 fully saturated rings. The molecule has 6 nitrogen and oxygen atoms in total. The van der Waals surface area contributed by atoms with Gasteiger partial charge in [0, 0.05) is 34.5 Å². The Morgan fingerprint density at radius 2 is 2.29 bits per heavy atom. The number of thioether (sulfide) groups is 2. The van der Waals surface area contributed by atoms with Gasteiger partial charge >= 0.3 is 0 Å². The molecule has 0 radical (unpaired) electrons. The monoisotopic (exact) mass is 274 g/mol. The van der Waals surface area contributed by atoms with Crippen LogP contribution in [0.15, 0.2) is 0 Å². The molecule has 0 saturated carbocycles. The van der Waals surface area contributed by atoms with Gasteiger partial charge in [-0.1, -0.05) is 6.92 Å². The number of nitrogens with two attached hydrogens (primary N) is 1. The van der Waals surface area contributed by atoms with Crippen molar-refractivity contribution in [3.63, 3.8) is 0 Å². The first-order chi connectivity index (χ1) is 8.20. The summed E-state index contributed by atoms with van der Waals surface area (Å²) in [5, 5.41) is 13.2. The summed E-state index contributed by atoms with van der Waals surface area (Å²) in [6, 6.07) is 0.201. The maximum atomic E-state index is 5.67. The molecule has 3 atom stereocenters. The maximum Gasteiger partial charge on any atom is 0.176 e. The van der Waals surface area contributed by atoms with Crippen LogP contribution < -0.4 is 11.3 Å². The molecular weight excluding hydrogens is 256 g/mol. The van der Waals surface area contributed by atoms with E-state index < -0.39 is 0 Å². The number of rotatable bonds is 4. The highest BCUT2D eigenvalue weighted by molar-refractivity contribution is 8.07. The molecule has 17 heavy (non-hydrogen) atoms. The lowest BCUT2D eigenvalue weighted by atomic mass is 10.1. The minimum atomic E-state index is 0.201. The molecule has 96 valence electrons. The number of hydrazine groups is 1. The van der Waals surface area contributed by atoms with Crippen molar-refractivity contribution in [3.05, 3.63) is 5.82 Å². The van der Waals surface area contributed by atoms with Crippen LogP contribution in [0.3, 0.4) is 0 Å². The van der Waals surface area contributed by atoms with E-state index in [4.69, 9.17) is 5.84 Å². The van der Waals surface area contributed by atoms with Crippen molar-refractivity contribution in [2.24, 2.45) is 12.9 Å². The molecule has 0 spiro atoms. The Kier molecular flexibility index (Phi) is 4.66. The van der Waals surface area contributed by atoms with Crippen molar-refractivity contribution in [3.8, 4) is 0 Å². The predicted molar refractivity (Wildman–Crippen MR) is 71.8 cm³/mol. The zero-order chi connectivity index (χ0) is 12.3. The molecular formula is C9H18N6S2. The summed E-state index contributed by atoms with van der Waals surface area (Å²) in [7, 11) is 1.77. The van der Waals surface area contributed by atoms with Crippen LogP contribution in [0.2, 0.25) is 0 Å². The average Bonchev–Trinajstić information content (AvgIpc) is 2.73. The highest BCUT2D eigenvalue weighted by atomic mass is 32.2. The molecule has 2 rings (SSSR count). The summed E-state index contributed by atoms with van der Waals surface area (Å²) in [5.41, 5.74) is 2.91. The number of tetrazole rings is 1. The second-order valence-corrected chi connectivity index (χ2v) is 6.85. The third kappa shape index (κ3) is 3.34. The molecule has 1 aromatic rings. The fraction of sp³-hybridized carbons (Fsp3) is 0.889. The van der Waals surface area contributed by atoms with E-state index in [0.29, 0.717) is 10.5 Å². The number of aromatic nitrogens is 4. The zero-order valence-corrected chi connectivity index (χ0v) is 11.7. The van der Waals surface area contributed by atoms with Crippen molar-refractivity contribution in [2.75, 3.05) is 11.5 Å². The van der Waals surface area contributed by atoms with Gasteiger partial charge in [0.2, 0.25) is 0 Å². The summed E-state index contributed by atoms with van der Waals surface area (Å²) >= 11 is 3.99. The van der Waals surface area contributed by atoms with Crippen LogP contribution in [0.4, 0.5) is 0 Å². The molecule has 0 aliphatic carbocycles. The van der Waals surface area contributed by atoms with Crippen LogP contribution in [-0.2, 0) is 13.5 Å². The van der Waals surface area contributed by atoms with Gasteiger partial charge in [-0.05, 0) is 5.21 Å². The van der Waals surface area contributed by atoms with Crippen molar-refractivity contribution < 1.29 is 0 Å².